The third-order valence-corrected chi connectivity index (χ3v) is 5.13. The van der Waals surface area contributed by atoms with Gasteiger partial charge in [-0.3, -0.25) is 9.71 Å². The highest BCUT2D eigenvalue weighted by Gasteiger charge is 2.12. The van der Waals surface area contributed by atoms with Crippen molar-refractivity contribution in [3.8, 4) is 0 Å². The molecule has 1 aromatic carbocycles. The van der Waals surface area contributed by atoms with Crippen LogP contribution < -0.4 is 10.0 Å². The molecule has 0 unspecified atom stereocenters. The van der Waals surface area contributed by atoms with Crippen LogP contribution in [0.4, 0.5) is 5.69 Å². The quantitative estimate of drug-likeness (QED) is 0.581. The number of hydrogen-bond acceptors (Lipinski definition) is 5. The molecule has 0 fully saturated rings. The summed E-state index contributed by atoms with van der Waals surface area (Å²) in [6, 6.07) is 10.9. The van der Waals surface area contributed by atoms with E-state index in [1.54, 1.807) is 30.6 Å². The molecule has 3 N–H and O–H groups in total. The van der Waals surface area contributed by atoms with E-state index < -0.39 is 16.3 Å². The minimum atomic E-state index is -3.48. The Morgan fingerprint density at radius 3 is 2.52 bits per heavy atom. The van der Waals surface area contributed by atoms with Gasteiger partial charge in [0, 0.05) is 44.3 Å². The van der Waals surface area contributed by atoms with Crippen molar-refractivity contribution in [3.63, 3.8) is 0 Å². The largest absolute Gasteiger partial charge is 0.387 e. The molecule has 0 amide bonds. The SMILES string of the molecule is CN(C)S(=O)(=O)Nc1ccc(CCNC[C@H](O)c2cccnc2)cc1. The first-order valence-electron chi connectivity index (χ1n) is 7.96. The molecule has 25 heavy (non-hydrogen) atoms. The lowest BCUT2D eigenvalue weighted by Gasteiger charge is -2.14. The van der Waals surface area contributed by atoms with Crippen LogP contribution >= 0.6 is 0 Å². The Balaban J connectivity index is 1.76. The van der Waals surface area contributed by atoms with Crippen molar-refractivity contribution in [1.82, 2.24) is 14.6 Å². The van der Waals surface area contributed by atoms with Crippen LogP contribution in [0.1, 0.15) is 17.2 Å². The Bertz CT molecular complexity index is 749. The van der Waals surface area contributed by atoms with E-state index in [0.29, 0.717) is 18.8 Å². The summed E-state index contributed by atoms with van der Waals surface area (Å²) >= 11 is 0. The van der Waals surface area contributed by atoms with Gasteiger partial charge in [0.05, 0.1) is 6.10 Å². The van der Waals surface area contributed by atoms with Gasteiger partial charge in [-0.05, 0) is 36.7 Å². The topological polar surface area (TPSA) is 94.6 Å². The first kappa shape index (κ1) is 19.3. The predicted molar refractivity (Wildman–Crippen MR) is 98.4 cm³/mol. The molecular weight excluding hydrogens is 340 g/mol. The first-order chi connectivity index (χ1) is 11.9. The predicted octanol–water partition coefficient (Wildman–Crippen LogP) is 1.17. The molecule has 0 aliphatic rings. The Morgan fingerprint density at radius 2 is 1.92 bits per heavy atom. The summed E-state index contributed by atoms with van der Waals surface area (Å²) in [6.45, 7) is 1.16. The molecule has 7 nitrogen and oxygen atoms in total. The van der Waals surface area contributed by atoms with E-state index in [1.165, 1.54) is 14.1 Å². The maximum atomic E-state index is 11.8. The minimum Gasteiger partial charge on any atom is -0.387 e. The highest BCUT2D eigenvalue weighted by Crippen LogP contribution is 2.13. The number of hydrogen-bond donors (Lipinski definition) is 3. The average Bonchev–Trinajstić information content (AvgIpc) is 2.60. The highest BCUT2D eigenvalue weighted by molar-refractivity contribution is 7.90. The summed E-state index contributed by atoms with van der Waals surface area (Å²) in [4.78, 5) is 3.99. The summed E-state index contributed by atoms with van der Waals surface area (Å²) in [5.41, 5.74) is 2.39. The van der Waals surface area contributed by atoms with Gasteiger partial charge < -0.3 is 10.4 Å². The molecule has 2 rings (SSSR count). The summed E-state index contributed by atoms with van der Waals surface area (Å²) in [6.07, 6.45) is 3.52. The van der Waals surface area contributed by atoms with Gasteiger partial charge in [0.2, 0.25) is 0 Å². The van der Waals surface area contributed by atoms with E-state index in [9.17, 15) is 13.5 Å². The fourth-order valence-electron chi connectivity index (χ4n) is 2.14. The van der Waals surface area contributed by atoms with Gasteiger partial charge >= 0.3 is 10.2 Å². The first-order valence-corrected chi connectivity index (χ1v) is 9.40. The highest BCUT2D eigenvalue weighted by atomic mass is 32.2. The summed E-state index contributed by atoms with van der Waals surface area (Å²) in [7, 11) is -0.534. The van der Waals surface area contributed by atoms with Gasteiger partial charge in [0.25, 0.3) is 0 Å². The van der Waals surface area contributed by atoms with Crippen molar-refractivity contribution in [2.75, 3.05) is 31.9 Å². The molecule has 0 bridgehead atoms. The van der Waals surface area contributed by atoms with Crippen molar-refractivity contribution in [2.45, 2.75) is 12.5 Å². The van der Waals surface area contributed by atoms with Crippen LogP contribution in [0.2, 0.25) is 0 Å². The maximum absolute atomic E-state index is 11.8. The summed E-state index contributed by atoms with van der Waals surface area (Å²) in [5, 5.41) is 13.2. The van der Waals surface area contributed by atoms with Crippen molar-refractivity contribution in [1.29, 1.82) is 0 Å². The second kappa shape index (κ2) is 8.91. The molecule has 0 saturated heterocycles. The monoisotopic (exact) mass is 364 g/mol. The van der Waals surface area contributed by atoms with Crippen molar-refractivity contribution in [2.24, 2.45) is 0 Å². The second-order valence-corrected chi connectivity index (χ2v) is 7.73. The lowest BCUT2D eigenvalue weighted by atomic mass is 10.1. The van der Waals surface area contributed by atoms with Crippen LogP contribution in [0.15, 0.2) is 48.8 Å². The van der Waals surface area contributed by atoms with Crippen molar-refractivity contribution >= 4 is 15.9 Å². The molecule has 8 heteroatoms. The van der Waals surface area contributed by atoms with Gasteiger partial charge in [-0.1, -0.05) is 18.2 Å². The third-order valence-electron chi connectivity index (χ3n) is 3.68. The van der Waals surface area contributed by atoms with E-state index in [-0.39, 0.29) is 0 Å². The van der Waals surface area contributed by atoms with Crippen molar-refractivity contribution < 1.29 is 13.5 Å². The smallest absolute Gasteiger partial charge is 0.301 e. The molecule has 1 heterocycles. The Morgan fingerprint density at radius 1 is 1.20 bits per heavy atom. The molecule has 0 aliphatic carbocycles. The zero-order chi connectivity index (χ0) is 18.3. The van der Waals surface area contributed by atoms with Crippen LogP contribution in [0, 0.1) is 0 Å². The fourth-order valence-corrected chi connectivity index (χ4v) is 2.76. The number of aliphatic hydroxyl groups excluding tert-OH is 1. The molecule has 1 atom stereocenters. The van der Waals surface area contributed by atoms with E-state index in [0.717, 1.165) is 21.9 Å². The number of rotatable bonds is 9. The van der Waals surface area contributed by atoms with Gasteiger partial charge in [-0.2, -0.15) is 12.7 Å². The van der Waals surface area contributed by atoms with Gasteiger partial charge in [-0.25, -0.2) is 0 Å². The number of aromatic nitrogens is 1. The number of benzene rings is 1. The van der Waals surface area contributed by atoms with Crippen LogP contribution in [0.5, 0.6) is 0 Å². The zero-order valence-electron chi connectivity index (χ0n) is 14.4. The average molecular weight is 364 g/mol. The van der Waals surface area contributed by atoms with Crippen LogP contribution in [-0.2, 0) is 16.6 Å². The van der Waals surface area contributed by atoms with Gasteiger partial charge in [0.15, 0.2) is 0 Å². The number of aliphatic hydroxyl groups is 1. The molecule has 1 aromatic heterocycles. The lowest BCUT2D eigenvalue weighted by molar-refractivity contribution is 0.174. The van der Waals surface area contributed by atoms with E-state index in [1.807, 2.05) is 18.2 Å². The summed E-state index contributed by atoms with van der Waals surface area (Å²) in [5.74, 6) is 0. The van der Waals surface area contributed by atoms with Gasteiger partial charge in [0.1, 0.15) is 0 Å². The summed E-state index contributed by atoms with van der Waals surface area (Å²) < 4.78 is 27.1. The third kappa shape index (κ3) is 6.09. The number of pyridine rings is 1. The number of anilines is 1. The number of nitrogens with zero attached hydrogens (tertiary/aromatic N) is 2. The Hall–Kier alpha value is -2.00. The second-order valence-electron chi connectivity index (χ2n) is 5.84. The van der Waals surface area contributed by atoms with E-state index in [4.69, 9.17) is 0 Å². The van der Waals surface area contributed by atoms with Crippen LogP contribution in [-0.4, -0.2) is 50.0 Å². The van der Waals surface area contributed by atoms with Crippen LogP contribution in [0.25, 0.3) is 0 Å². The molecule has 0 radical (unpaired) electrons. The Labute approximate surface area is 148 Å². The molecule has 0 saturated carbocycles. The van der Waals surface area contributed by atoms with Crippen molar-refractivity contribution in [3.05, 3.63) is 59.9 Å². The molecular formula is C17H24N4O3S. The molecule has 0 aliphatic heterocycles. The lowest BCUT2D eigenvalue weighted by Crippen LogP contribution is -2.28. The number of nitrogens with one attached hydrogen (secondary N) is 2. The minimum absolute atomic E-state index is 0.451. The van der Waals surface area contributed by atoms with E-state index >= 15 is 0 Å². The molecule has 2 aromatic rings. The Kier molecular flexibility index (Phi) is 6.89. The van der Waals surface area contributed by atoms with Crippen LogP contribution in [0.3, 0.4) is 0 Å². The van der Waals surface area contributed by atoms with Gasteiger partial charge in [-0.15, -0.1) is 0 Å². The molecule has 136 valence electrons. The molecule has 0 spiro atoms. The fraction of sp³-hybridized carbons (Fsp3) is 0.353. The standard InChI is InChI=1S/C17H24N4O3S/c1-21(2)25(23,24)20-16-7-5-14(6-8-16)9-11-19-13-17(22)15-4-3-10-18-12-15/h3-8,10,12,17,19-20,22H,9,11,13H2,1-2H3/t17-/m0/s1. The zero-order valence-corrected chi connectivity index (χ0v) is 15.2. The normalized spacial score (nSPS) is 13.0. The maximum Gasteiger partial charge on any atom is 0.301 e. The van der Waals surface area contributed by atoms with E-state index in [2.05, 4.69) is 15.0 Å².